The lowest BCUT2D eigenvalue weighted by Crippen LogP contribution is -2.31. The number of aromatic nitrogens is 2. The Morgan fingerprint density at radius 2 is 1.97 bits per heavy atom. The van der Waals surface area contributed by atoms with Gasteiger partial charge in [0.2, 0.25) is 0 Å². The van der Waals surface area contributed by atoms with Crippen LogP contribution in [0.4, 0.5) is 0 Å². The van der Waals surface area contributed by atoms with E-state index in [1.807, 2.05) is 37.3 Å². The van der Waals surface area contributed by atoms with Crippen LogP contribution in [-0.2, 0) is 19.7 Å². The normalized spacial score (nSPS) is 16.5. The monoisotopic (exact) mass is 499 g/mol. The van der Waals surface area contributed by atoms with Crippen molar-refractivity contribution in [3.8, 4) is 5.75 Å². The van der Waals surface area contributed by atoms with Gasteiger partial charge in [0.25, 0.3) is 0 Å². The van der Waals surface area contributed by atoms with E-state index in [9.17, 15) is 5.11 Å². The molecule has 0 aliphatic carbocycles. The molecule has 0 bridgehead atoms. The molecule has 4 aromatic rings. The second-order valence-corrected chi connectivity index (χ2v) is 9.64. The molecule has 6 nitrogen and oxygen atoms in total. The molecule has 1 fully saturated rings. The van der Waals surface area contributed by atoms with Gasteiger partial charge in [-0.2, -0.15) is 0 Å². The number of hydrogen-bond acceptors (Lipinski definition) is 5. The van der Waals surface area contributed by atoms with Crippen molar-refractivity contribution < 1.29 is 14.4 Å². The van der Waals surface area contributed by atoms with Crippen molar-refractivity contribution in [2.75, 3.05) is 13.2 Å². The van der Waals surface area contributed by atoms with Crippen molar-refractivity contribution in [3.63, 3.8) is 0 Å². The molecule has 34 heavy (non-hydrogen) atoms. The number of likely N-dealkylation sites (tertiary alicyclic amines) is 1. The number of halogens is 2. The quantitative estimate of drug-likeness (QED) is 0.330. The molecule has 3 heterocycles. The Labute approximate surface area is 208 Å². The predicted molar refractivity (Wildman–Crippen MR) is 134 cm³/mol. The first-order chi connectivity index (χ1) is 16.5. The van der Waals surface area contributed by atoms with Crippen LogP contribution in [0.3, 0.4) is 0 Å². The van der Waals surface area contributed by atoms with Gasteiger partial charge in [0.15, 0.2) is 0 Å². The lowest BCUT2D eigenvalue weighted by atomic mass is 10.1. The molecule has 5 rings (SSSR count). The highest BCUT2D eigenvalue weighted by atomic mass is 35.5. The Morgan fingerprint density at radius 1 is 1.15 bits per heavy atom. The minimum Gasteiger partial charge on any atom is -0.487 e. The zero-order valence-electron chi connectivity index (χ0n) is 19.0. The maximum absolute atomic E-state index is 9.80. The number of rotatable bonds is 8. The van der Waals surface area contributed by atoms with Crippen molar-refractivity contribution >= 4 is 34.1 Å². The molecule has 1 aliphatic rings. The number of hydrogen-bond donors (Lipinski definition) is 1. The summed E-state index contributed by atoms with van der Waals surface area (Å²) in [5.74, 6) is 1.53. The summed E-state index contributed by atoms with van der Waals surface area (Å²) < 4.78 is 13.3. The average Bonchev–Trinajstić information content (AvgIpc) is 3.54. The second kappa shape index (κ2) is 10.0. The van der Waals surface area contributed by atoms with E-state index >= 15 is 0 Å². The van der Waals surface area contributed by atoms with Gasteiger partial charge in [-0.1, -0.05) is 34.4 Å². The lowest BCUT2D eigenvalue weighted by molar-refractivity contribution is 0.154. The van der Waals surface area contributed by atoms with Gasteiger partial charge in [-0.3, -0.25) is 4.90 Å². The summed E-state index contributed by atoms with van der Waals surface area (Å²) in [6.07, 6.45) is 4.29. The van der Waals surface area contributed by atoms with Crippen LogP contribution in [0.5, 0.6) is 5.75 Å². The number of fused-ring (bicyclic) bond motifs is 1. The van der Waals surface area contributed by atoms with Gasteiger partial charge in [-0.25, -0.2) is 0 Å². The highest BCUT2D eigenvalue weighted by Crippen LogP contribution is 2.32. The van der Waals surface area contributed by atoms with Crippen molar-refractivity contribution in [3.05, 3.63) is 81.3 Å². The number of benzene rings is 2. The fourth-order valence-electron chi connectivity index (χ4n) is 4.72. The summed E-state index contributed by atoms with van der Waals surface area (Å²) in [6.45, 7) is 4.69. The third-order valence-corrected chi connectivity index (χ3v) is 7.18. The van der Waals surface area contributed by atoms with Crippen LogP contribution in [-0.4, -0.2) is 38.9 Å². The van der Waals surface area contributed by atoms with E-state index in [2.05, 4.69) is 33.0 Å². The predicted octanol–water partition coefficient (Wildman–Crippen LogP) is 5.83. The number of aliphatic hydroxyl groups excluding tert-OH is 1. The number of ether oxygens (including phenoxy) is 1. The summed E-state index contributed by atoms with van der Waals surface area (Å²) in [5.41, 5.74) is 3.91. The first-order valence-corrected chi connectivity index (χ1v) is 12.2. The van der Waals surface area contributed by atoms with Gasteiger partial charge in [0, 0.05) is 51.4 Å². The molecule has 0 saturated carbocycles. The Bertz CT molecular complexity index is 1280. The fourth-order valence-corrected chi connectivity index (χ4v) is 5.24. The molecule has 1 aliphatic heterocycles. The van der Waals surface area contributed by atoms with Crippen LogP contribution in [0.15, 0.2) is 53.2 Å². The highest BCUT2D eigenvalue weighted by molar-refractivity contribution is 6.36. The molecule has 2 aromatic heterocycles. The van der Waals surface area contributed by atoms with Gasteiger partial charge in [-0.15, -0.1) is 0 Å². The van der Waals surface area contributed by atoms with Crippen molar-refractivity contribution in [2.45, 2.75) is 45.5 Å². The third-order valence-electron chi connectivity index (χ3n) is 6.47. The lowest BCUT2D eigenvalue weighted by Gasteiger charge is -2.22. The summed E-state index contributed by atoms with van der Waals surface area (Å²) >= 11 is 12.9. The van der Waals surface area contributed by atoms with E-state index in [0.29, 0.717) is 23.2 Å². The van der Waals surface area contributed by atoms with E-state index in [-0.39, 0.29) is 12.6 Å². The topological polar surface area (TPSA) is 63.7 Å². The Hall–Kier alpha value is -2.51. The Morgan fingerprint density at radius 3 is 2.71 bits per heavy atom. The fraction of sp³-hybridized carbons (Fsp3) is 0.346. The Balaban J connectivity index is 1.48. The molecule has 8 heteroatoms. The molecule has 0 unspecified atom stereocenters. The van der Waals surface area contributed by atoms with Crippen LogP contribution in [0.25, 0.3) is 10.9 Å². The third kappa shape index (κ3) is 4.82. The van der Waals surface area contributed by atoms with E-state index in [4.69, 9.17) is 32.5 Å². The highest BCUT2D eigenvalue weighted by Gasteiger charge is 2.25. The molecule has 0 radical (unpaired) electrons. The summed E-state index contributed by atoms with van der Waals surface area (Å²) in [6, 6.07) is 13.8. The van der Waals surface area contributed by atoms with Gasteiger partial charge < -0.3 is 18.9 Å². The molecule has 1 N–H and O–H groups in total. The van der Waals surface area contributed by atoms with E-state index in [1.165, 1.54) is 5.56 Å². The first kappa shape index (κ1) is 23.2. The summed E-state index contributed by atoms with van der Waals surface area (Å²) in [7, 11) is 0. The molecule has 0 spiro atoms. The molecule has 2 aromatic carbocycles. The zero-order chi connectivity index (χ0) is 23.7. The molecule has 0 amide bonds. The first-order valence-electron chi connectivity index (χ1n) is 11.5. The molecular formula is C26H27Cl2N3O3. The number of nitrogens with zero attached hydrogens (tertiary/aromatic N) is 3. The van der Waals surface area contributed by atoms with E-state index in [0.717, 1.165) is 59.6 Å². The van der Waals surface area contributed by atoms with E-state index in [1.54, 1.807) is 0 Å². The molecule has 178 valence electrons. The molecular weight excluding hydrogens is 473 g/mol. The van der Waals surface area contributed by atoms with Gasteiger partial charge in [-0.05, 0) is 62.2 Å². The van der Waals surface area contributed by atoms with E-state index < -0.39 is 0 Å². The van der Waals surface area contributed by atoms with Crippen molar-refractivity contribution in [1.82, 2.24) is 14.6 Å². The molecule has 1 saturated heterocycles. The number of aryl methyl sites for hydroxylation is 1. The average molecular weight is 500 g/mol. The van der Waals surface area contributed by atoms with Gasteiger partial charge >= 0.3 is 0 Å². The summed E-state index contributed by atoms with van der Waals surface area (Å²) in [5, 5.41) is 16.2. The zero-order valence-corrected chi connectivity index (χ0v) is 20.5. The minimum absolute atomic E-state index is 0.180. The molecule has 1 atom stereocenters. The maximum atomic E-state index is 9.80. The van der Waals surface area contributed by atoms with Crippen LogP contribution < -0.4 is 4.74 Å². The second-order valence-electron chi connectivity index (χ2n) is 8.83. The largest absolute Gasteiger partial charge is 0.487 e. The standard InChI is InChI=1S/C26H27Cl2N3O3/c1-17-10-19(29-34-17)16-33-21-7-8-26-22(11-21)18(12-30-9-3-4-20(30)15-32)13-31(26)14-23-24(27)5-2-6-25(23)28/h2,5-8,10-11,13,20,32H,3-4,9,12,14-16H2,1H3/t20-/m0/s1. The van der Waals surface area contributed by atoms with Gasteiger partial charge in [0.05, 0.1) is 13.2 Å². The summed E-state index contributed by atoms with van der Waals surface area (Å²) in [4.78, 5) is 2.35. The maximum Gasteiger partial charge on any atom is 0.134 e. The van der Waals surface area contributed by atoms with Crippen molar-refractivity contribution in [2.24, 2.45) is 0 Å². The van der Waals surface area contributed by atoms with Crippen LogP contribution in [0, 0.1) is 6.92 Å². The van der Waals surface area contributed by atoms with Crippen LogP contribution in [0.2, 0.25) is 10.0 Å². The number of aliphatic hydroxyl groups is 1. The SMILES string of the molecule is Cc1cc(COc2ccc3c(c2)c(CN2CCC[C@H]2CO)cn3Cc2c(Cl)cccc2Cl)no1. The van der Waals surface area contributed by atoms with Crippen molar-refractivity contribution in [1.29, 1.82) is 0 Å². The Kier molecular flexibility index (Phi) is 6.84. The van der Waals surface area contributed by atoms with Gasteiger partial charge in [0.1, 0.15) is 23.8 Å². The smallest absolute Gasteiger partial charge is 0.134 e. The van der Waals surface area contributed by atoms with Crippen LogP contribution >= 0.6 is 23.2 Å². The van der Waals surface area contributed by atoms with Crippen LogP contribution in [0.1, 0.15) is 35.4 Å². The minimum atomic E-state index is 0.180.